The molecule has 0 bridgehead atoms. The van der Waals surface area contributed by atoms with E-state index in [1.165, 1.54) is 12.5 Å². The first-order chi connectivity index (χ1) is 10.3. The van der Waals surface area contributed by atoms with Crippen molar-refractivity contribution in [2.75, 3.05) is 0 Å². The summed E-state index contributed by atoms with van der Waals surface area (Å²) >= 11 is 0. The maximum absolute atomic E-state index is 12.7. The van der Waals surface area contributed by atoms with E-state index in [4.69, 9.17) is 0 Å². The molecule has 0 saturated heterocycles. The van der Waals surface area contributed by atoms with Gasteiger partial charge < -0.3 is 4.57 Å². The molecule has 0 amide bonds. The van der Waals surface area contributed by atoms with Crippen LogP contribution in [-0.4, -0.2) is 10.4 Å². The molecule has 3 heteroatoms. The van der Waals surface area contributed by atoms with Crippen molar-refractivity contribution in [3.05, 3.63) is 57.4 Å². The van der Waals surface area contributed by atoms with E-state index in [9.17, 15) is 9.59 Å². The Bertz CT molecular complexity index is 769. The number of carbonyl (C=O) groups is 1. The Hall–Kier alpha value is -2.16. The second-order valence-corrected chi connectivity index (χ2v) is 6.32. The highest BCUT2D eigenvalue weighted by molar-refractivity contribution is 5.94. The predicted octanol–water partition coefficient (Wildman–Crippen LogP) is 3.99. The van der Waals surface area contributed by atoms with Gasteiger partial charge in [0.25, 0.3) is 5.56 Å². The van der Waals surface area contributed by atoms with Gasteiger partial charge in [-0.1, -0.05) is 37.6 Å². The van der Waals surface area contributed by atoms with Gasteiger partial charge in [0.05, 0.1) is 11.3 Å². The smallest absolute Gasteiger partial charge is 0.261 e. The molecule has 1 heterocycles. The summed E-state index contributed by atoms with van der Waals surface area (Å²) in [5, 5.41) is 0. The number of nitrogens with zero attached hydrogens (tertiary/aromatic N) is 1. The van der Waals surface area contributed by atoms with Crippen LogP contribution < -0.4 is 5.56 Å². The van der Waals surface area contributed by atoms with Gasteiger partial charge in [-0.3, -0.25) is 9.59 Å². The minimum atomic E-state index is -0.196. The number of carbonyl (C=O) groups excluding carboxylic acids is 1. The van der Waals surface area contributed by atoms with Crippen molar-refractivity contribution >= 4 is 5.78 Å². The number of pyridine rings is 1. The van der Waals surface area contributed by atoms with E-state index >= 15 is 0 Å². The van der Waals surface area contributed by atoms with E-state index in [1.54, 1.807) is 10.6 Å². The molecule has 2 aromatic rings. The van der Waals surface area contributed by atoms with Crippen LogP contribution in [0.15, 0.2) is 35.1 Å². The zero-order valence-electron chi connectivity index (χ0n) is 13.9. The van der Waals surface area contributed by atoms with E-state index < -0.39 is 0 Å². The molecule has 116 valence electrons. The fraction of sp³-hybridized carbons (Fsp3) is 0.368. The molecule has 0 N–H and O–H groups in total. The molecule has 0 fully saturated rings. The van der Waals surface area contributed by atoms with Crippen molar-refractivity contribution in [1.82, 2.24) is 4.57 Å². The summed E-state index contributed by atoms with van der Waals surface area (Å²) in [6.45, 7) is 10.3. The number of hydrogen-bond donors (Lipinski definition) is 0. The quantitative estimate of drug-likeness (QED) is 0.800. The normalized spacial score (nSPS) is 11.0. The van der Waals surface area contributed by atoms with Crippen molar-refractivity contribution < 1.29 is 4.79 Å². The third kappa shape index (κ3) is 3.19. The summed E-state index contributed by atoms with van der Waals surface area (Å²) in [7, 11) is 0. The van der Waals surface area contributed by atoms with Crippen LogP contribution in [0.1, 0.15) is 42.3 Å². The molecular formula is C19H23NO2. The first kappa shape index (κ1) is 16.2. The maximum atomic E-state index is 12.7. The highest BCUT2D eigenvalue weighted by atomic mass is 16.1. The third-order valence-electron chi connectivity index (χ3n) is 3.76. The Morgan fingerprint density at radius 2 is 1.82 bits per heavy atom. The van der Waals surface area contributed by atoms with Crippen molar-refractivity contribution in [2.24, 2.45) is 5.92 Å². The number of benzene rings is 1. The summed E-state index contributed by atoms with van der Waals surface area (Å²) in [4.78, 5) is 24.3. The van der Waals surface area contributed by atoms with Gasteiger partial charge >= 0.3 is 0 Å². The Labute approximate surface area is 131 Å². The number of aromatic nitrogens is 1. The van der Waals surface area contributed by atoms with Gasteiger partial charge in [0.15, 0.2) is 5.78 Å². The average molecular weight is 297 g/mol. The lowest BCUT2D eigenvalue weighted by Gasteiger charge is -2.17. The van der Waals surface area contributed by atoms with Crippen molar-refractivity contribution in [3.8, 4) is 11.3 Å². The maximum Gasteiger partial charge on any atom is 0.261 e. The number of rotatable bonds is 4. The zero-order chi connectivity index (χ0) is 16.4. The number of aryl methyl sites for hydroxylation is 2. The highest BCUT2D eigenvalue weighted by Gasteiger charge is 2.15. The summed E-state index contributed by atoms with van der Waals surface area (Å²) in [5.41, 5.74) is 4.30. The lowest BCUT2D eigenvalue weighted by molar-refractivity contribution is 0.101. The van der Waals surface area contributed by atoms with Gasteiger partial charge in [-0.2, -0.15) is 0 Å². The molecular weight excluding hydrogens is 274 g/mol. The Morgan fingerprint density at radius 3 is 2.36 bits per heavy atom. The third-order valence-corrected chi connectivity index (χ3v) is 3.76. The summed E-state index contributed by atoms with van der Waals surface area (Å²) in [5.74, 6) is 0.138. The molecule has 3 nitrogen and oxygen atoms in total. The lowest BCUT2D eigenvalue weighted by Crippen LogP contribution is -2.28. The van der Waals surface area contributed by atoms with Gasteiger partial charge in [-0.05, 0) is 44.4 Å². The minimum absolute atomic E-state index is 0.185. The Balaban J connectivity index is 2.72. The molecule has 1 aromatic carbocycles. The standard InChI is InChI=1S/C19H23NO2/c1-12(2)11-20-18(9-8-17(15(5)21)19(20)22)16-7-6-13(3)10-14(16)4/h6-10,12H,11H2,1-5H3. The SMILES string of the molecule is CC(=O)c1ccc(-c2ccc(C)cc2C)n(CC(C)C)c1=O. The van der Waals surface area contributed by atoms with Gasteiger partial charge in [-0.15, -0.1) is 0 Å². The molecule has 1 aromatic heterocycles. The van der Waals surface area contributed by atoms with Crippen LogP contribution in [0.4, 0.5) is 0 Å². The zero-order valence-corrected chi connectivity index (χ0v) is 13.9. The number of ketones is 1. The number of hydrogen-bond acceptors (Lipinski definition) is 2. The molecule has 0 saturated carbocycles. The van der Waals surface area contributed by atoms with E-state index in [-0.39, 0.29) is 16.9 Å². The van der Waals surface area contributed by atoms with Crippen LogP contribution in [0, 0.1) is 19.8 Å². The van der Waals surface area contributed by atoms with Gasteiger partial charge in [0.2, 0.25) is 0 Å². The van der Waals surface area contributed by atoms with Crippen molar-refractivity contribution in [1.29, 1.82) is 0 Å². The van der Waals surface area contributed by atoms with Crippen LogP contribution in [0.5, 0.6) is 0 Å². The number of Topliss-reactive ketones (excluding diaryl/α,β-unsaturated/α-hetero) is 1. The van der Waals surface area contributed by atoms with E-state index in [1.807, 2.05) is 25.1 Å². The molecule has 0 unspecified atom stereocenters. The predicted molar refractivity (Wildman–Crippen MR) is 90.5 cm³/mol. The van der Waals surface area contributed by atoms with E-state index in [0.29, 0.717) is 12.5 Å². The van der Waals surface area contributed by atoms with Gasteiger partial charge in [0.1, 0.15) is 0 Å². The van der Waals surface area contributed by atoms with Crippen molar-refractivity contribution in [3.63, 3.8) is 0 Å². The molecule has 0 spiro atoms. The first-order valence-electron chi connectivity index (χ1n) is 7.63. The van der Waals surface area contributed by atoms with Crippen molar-refractivity contribution in [2.45, 2.75) is 41.2 Å². The Morgan fingerprint density at radius 1 is 1.14 bits per heavy atom. The lowest BCUT2D eigenvalue weighted by atomic mass is 10.0. The van der Waals surface area contributed by atoms with Crippen LogP contribution in [0.2, 0.25) is 0 Å². The van der Waals surface area contributed by atoms with Gasteiger partial charge in [0, 0.05) is 12.1 Å². The molecule has 0 aliphatic carbocycles. The molecule has 22 heavy (non-hydrogen) atoms. The fourth-order valence-corrected chi connectivity index (χ4v) is 2.73. The molecule has 2 rings (SSSR count). The Kier molecular flexibility index (Phi) is 4.65. The first-order valence-corrected chi connectivity index (χ1v) is 7.63. The second kappa shape index (κ2) is 6.30. The monoisotopic (exact) mass is 297 g/mol. The van der Waals surface area contributed by atoms with Gasteiger partial charge in [-0.25, -0.2) is 0 Å². The van der Waals surface area contributed by atoms with Crippen LogP contribution in [0.3, 0.4) is 0 Å². The molecule has 0 radical (unpaired) electrons. The fourth-order valence-electron chi connectivity index (χ4n) is 2.73. The van der Waals surface area contributed by atoms with Crippen LogP contribution >= 0.6 is 0 Å². The topological polar surface area (TPSA) is 39.1 Å². The van der Waals surface area contributed by atoms with E-state index in [2.05, 4.69) is 26.8 Å². The average Bonchev–Trinajstić information content (AvgIpc) is 2.40. The molecule has 0 aliphatic heterocycles. The molecule has 0 atom stereocenters. The highest BCUT2D eigenvalue weighted by Crippen LogP contribution is 2.24. The van der Waals surface area contributed by atoms with Crippen LogP contribution in [0.25, 0.3) is 11.3 Å². The largest absolute Gasteiger partial charge is 0.307 e. The molecule has 0 aliphatic rings. The minimum Gasteiger partial charge on any atom is -0.307 e. The van der Waals surface area contributed by atoms with E-state index in [0.717, 1.165) is 16.8 Å². The summed E-state index contributed by atoms with van der Waals surface area (Å²) in [6, 6.07) is 9.74. The summed E-state index contributed by atoms with van der Waals surface area (Å²) < 4.78 is 1.74. The summed E-state index contributed by atoms with van der Waals surface area (Å²) in [6.07, 6.45) is 0. The second-order valence-electron chi connectivity index (χ2n) is 6.32. The van der Waals surface area contributed by atoms with Crippen LogP contribution in [-0.2, 0) is 6.54 Å².